The van der Waals surface area contributed by atoms with Crippen LogP contribution in [0.5, 0.6) is 0 Å². The van der Waals surface area contributed by atoms with Crippen LogP contribution in [0.4, 0.5) is 5.69 Å². The van der Waals surface area contributed by atoms with Crippen LogP contribution in [0.25, 0.3) is 0 Å². The Morgan fingerprint density at radius 1 is 1.35 bits per heavy atom. The number of carbonyl (C=O) groups excluding carboxylic acids is 1. The third kappa shape index (κ3) is 3.49. The van der Waals surface area contributed by atoms with Crippen LogP contribution < -0.4 is 5.32 Å². The summed E-state index contributed by atoms with van der Waals surface area (Å²) in [4.78, 5) is 12.9. The number of halogens is 1. The van der Waals surface area contributed by atoms with Crippen molar-refractivity contribution >= 4 is 38.9 Å². The number of amides is 1. The van der Waals surface area contributed by atoms with Crippen LogP contribution in [0, 0.1) is 6.92 Å². The first-order chi connectivity index (χ1) is 9.51. The standard InChI is InChI=1S/C16H18BrNOS/c1-4-10(2)12-5-7-13(8-6-12)18-16(19)14-9-11(3)15(17)20-14/h5-10H,4H2,1-3H3,(H,18,19). The predicted molar refractivity (Wildman–Crippen MR) is 89.9 cm³/mol. The van der Waals surface area contributed by atoms with E-state index in [4.69, 9.17) is 0 Å². The second-order valence-electron chi connectivity index (χ2n) is 4.95. The molecule has 4 heteroatoms. The zero-order chi connectivity index (χ0) is 14.7. The van der Waals surface area contributed by atoms with E-state index in [-0.39, 0.29) is 5.91 Å². The molecular weight excluding hydrogens is 334 g/mol. The summed E-state index contributed by atoms with van der Waals surface area (Å²) in [6.45, 7) is 6.37. The lowest BCUT2D eigenvalue weighted by molar-refractivity contribution is 0.103. The largest absolute Gasteiger partial charge is 0.321 e. The number of rotatable bonds is 4. The zero-order valence-electron chi connectivity index (χ0n) is 11.9. The van der Waals surface area contributed by atoms with Gasteiger partial charge in [-0.1, -0.05) is 26.0 Å². The first kappa shape index (κ1) is 15.3. The highest BCUT2D eigenvalue weighted by molar-refractivity contribution is 9.11. The van der Waals surface area contributed by atoms with E-state index in [9.17, 15) is 4.79 Å². The number of hydrogen-bond acceptors (Lipinski definition) is 2. The first-order valence-corrected chi connectivity index (χ1v) is 8.29. The van der Waals surface area contributed by atoms with E-state index in [1.54, 1.807) is 0 Å². The minimum Gasteiger partial charge on any atom is -0.321 e. The Labute approximate surface area is 132 Å². The van der Waals surface area contributed by atoms with E-state index in [0.29, 0.717) is 5.92 Å². The van der Waals surface area contributed by atoms with E-state index in [0.717, 1.165) is 26.3 Å². The Morgan fingerprint density at radius 2 is 2.00 bits per heavy atom. The molecular formula is C16H18BrNOS. The molecule has 2 aromatic rings. The molecule has 0 radical (unpaired) electrons. The van der Waals surface area contributed by atoms with Crippen LogP contribution in [0.2, 0.25) is 0 Å². The zero-order valence-corrected chi connectivity index (χ0v) is 14.3. The van der Waals surface area contributed by atoms with Crippen LogP contribution in [0.1, 0.15) is 47.0 Å². The number of thiophene rings is 1. The Bertz CT molecular complexity index is 584. The van der Waals surface area contributed by atoms with Crippen molar-refractivity contribution in [2.24, 2.45) is 0 Å². The second kappa shape index (κ2) is 6.55. The Kier molecular flexibility index (Phi) is 5.00. The lowest BCUT2D eigenvalue weighted by atomic mass is 9.99. The van der Waals surface area contributed by atoms with Crippen molar-refractivity contribution in [1.29, 1.82) is 0 Å². The Balaban J connectivity index is 2.08. The molecule has 0 spiro atoms. The number of aryl methyl sites for hydroxylation is 1. The third-order valence-corrected chi connectivity index (χ3v) is 5.57. The summed E-state index contributed by atoms with van der Waals surface area (Å²) >= 11 is 4.90. The highest BCUT2D eigenvalue weighted by atomic mass is 79.9. The molecule has 1 aromatic heterocycles. The van der Waals surface area contributed by atoms with Gasteiger partial charge in [-0.25, -0.2) is 0 Å². The van der Waals surface area contributed by atoms with Crippen LogP contribution >= 0.6 is 27.3 Å². The summed E-state index contributed by atoms with van der Waals surface area (Å²) < 4.78 is 1.01. The van der Waals surface area contributed by atoms with Crippen molar-refractivity contribution in [2.75, 3.05) is 5.32 Å². The molecule has 0 saturated heterocycles. The van der Waals surface area contributed by atoms with Gasteiger partial charge in [-0.15, -0.1) is 11.3 Å². The quantitative estimate of drug-likeness (QED) is 0.764. The summed E-state index contributed by atoms with van der Waals surface area (Å²) in [7, 11) is 0. The molecule has 20 heavy (non-hydrogen) atoms. The van der Waals surface area contributed by atoms with Crippen LogP contribution in [0.3, 0.4) is 0 Å². The molecule has 1 heterocycles. The maximum absolute atomic E-state index is 12.1. The fourth-order valence-corrected chi connectivity index (χ4v) is 3.33. The van der Waals surface area contributed by atoms with E-state index in [2.05, 4.69) is 47.2 Å². The lowest BCUT2D eigenvalue weighted by Gasteiger charge is -2.10. The van der Waals surface area contributed by atoms with Gasteiger partial charge >= 0.3 is 0 Å². The van der Waals surface area contributed by atoms with E-state index < -0.39 is 0 Å². The minimum absolute atomic E-state index is 0.0555. The molecule has 106 valence electrons. The maximum Gasteiger partial charge on any atom is 0.265 e. The third-order valence-electron chi connectivity index (χ3n) is 3.43. The average molecular weight is 352 g/mol. The molecule has 0 aliphatic heterocycles. The fourth-order valence-electron chi connectivity index (χ4n) is 1.90. The van der Waals surface area contributed by atoms with Crippen LogP contribution in [-0.4, -0.2) is 5.91 Å². The van der Waals surface area contributed by atoms with E-state index >= 15 is 0 Å². The smallest absolute Gasteiger partial charge is 0.265 e. The van der Waals surface area contributed by atoms with Crippen LogP contribution in [0.15, 0.2) is 34.1 Å². The van der Waals surface area contributed by atoms with Gasteiger partial charge in [-0.05, 0) is 64.5 Å². The lowest BCUT2D eigenvalue weighted by Crippen LogP contribution is -2.10. The molecule has 1 amide bonds. The average Bonchev–Trinajstić information content (AvgIpc) is 2.79. The van der Waals surface area contributed by atoms with E-state index in [1.165, 1.54) is 16.9 Å². The first-order valence-electron chi connectivity index (χ1n) is 6.68. The number of benzene rings is 1. The van der Waals surface area contributed by atoms with Gasteiger partial charge in [-0.2, -0.15) is 0 Å². The van der Waals surface area contributed by atoms with Gasteiger partial charge in [0.25, 0.3) is 5.91 Å². The molecule has 1 atom stereocenters. The van der Waals surface area contributed by atoms with Gasteiger partial charge in [-0.3, -0.25) is 4.79 Å². The molecule has 0 aliphatic carbocycles. The van der Waals surface area contributed by atoms with E-state index in [1.807, 2.05) is 25.1 Å². The molecule has 2 nitrogen and oxygen atoms in total. The monoisotopic (exact) mass is 351 g/mol. The molecule has 0 fully saturated rings. The van der Waals surface area contributed by atoms with Gasteiger partial charge in [0.05, 0.1) is 8.66 Å². The van der Waals surface area contributed by atoms with Gasteiger partial charge in [0, 0.05) is 5.69 Å². The highest BCUT2D eigenvalue weighted by Gasteiger charge is 2.11. The molecule has 1 unspecified atom stereocenters. The predicted octanol–water partition coefficient (Wildman–Crippen LogP) is 5.58. The van der Waals surface area contributed by atoms with Crippen molar-refractivity contribution in [3.8, 4) is 0 Å². The molecule has 0 aliphatic rings. The molecule has 0 saturated carbocycles. The van der Waals surface area contributed by atoms with Gasteiger partial charge < -0.3 is 5.32 Å². The summed E-state index contributed by atoms with van der Waals surface area (Å²) in [5.74, 6) is 0.496. The minimum atomic E-state index is -0.0555. The summed E-state index contributed by atoms with van der Waals surface area (Å²) in [5.41, 5.74) is 3.23. The topological polar surface area (TPSA) is 29.1 Å². The molecule has 0 bridgehead atoms. The summed E-state index contributed by atoms with van der Waals surface area (Å²) in [6, 6.07) is 10.0. The van der Waals surface area contributed by atoms with Crippen molar-refractivity contribution in [2.45, 2.75) is 33.1 Å². The number of hydrogen-bond donors (Lipinski definition) is 1. The summed E-state index contributed by atoms with van der Waals surface area (Å²) in [5, 5.41) is 2.93. The van der Waals surface area contributed by atoms with Crippen molar-refractivity contribution in [1.82, 2.24) is 0 Å². The summed E-state index contributed by atoms with van der Waals surface area (Å²) in [6.07, 6.45) is 1.12. The number of carbonyl (C=O) groups is 1. The SMILES string of the molecule is CCC(C)c1ccc(NC(=O)c2cc(C)c(Br)s2)cc1. The molecule has 1 aromatic carbocycles. The number of anilines is 1. The molecule has 1 N–H and O–H groups in total. The molecule has 2 rings (SSSR count). The van der Waals surface area contributed by atoms with Crippen LogP contribution in [-0.2, 0) is 0 Å². The van der Waals surface area contributed by atoms with Gasteiger partial charge in [0.2, 0.25) is 0 Å². The van der Waals surface area contributed by atoms with Gasteiger partial charge in [0.15, 0.2) is 0 Å². The Morgan fingerprint density at radius 3 is 2.50 bits per heavy atom. The van der Waals surface area contributed by atoms with Gasteiger partial charge in [0.1, 0.15) is 0 Å². The normalized spacial score (nSPS) is 12.2. The Hall–Kier alpha value is -1.13. The van der Waals surface area contributed by atoms with Crippen molar-refractivity contribution in [3.05, 3.63) is 50.1 Å². The highest BCUT2D eigenvalue weighted by Crippen LogP contribution is 2.28. The number of nitrogens with one attached hydrogen (secondary N) is 1. The fraction of sp³-hybridized carbons (Fsp3) is 0.312. The van der Waals surface area contributed by atoms with Crippen molar-refractivity contribution in [3.63, 3.8) is 0 Å². The maximum atomic E-state index is 12.1. The van der Waals surface area contributed by atoms with Crippen molar-refractivity contribution < 1.29 is 4.79 Å². The second-order valence-corrected chi connectivity index (χ2v) is 7.32.